The number of carbonyl (C=O) groups is 1. The third kappa shape index (κ3) is 5.41. The van der Waals surface area contributed by atoms with Crippen LogP contribution < -0.4 is 10.6 Å². The lowest BCUT2D eigenvalue weighted by atomic mass is 9.81. The summed E-state index contributed by atoms with van der Waals surface area (Å²) in [6, 6.07) is 0.275. The van der Waals surface area contributed by atoms with Gasteiger partial charge < -0.3 is 15.5 Å². The zero-order valence-corrected chi connectivity index (χ0v) is 13.8. The van der Waals surface area contributed by atoms with E-state index in [1.807, 2.05) is 0 Å². The normalized spacial score (nSPS) is 24.6. The Labute approximate surface area is 124 Å². The summed E-state index contributed by atoms with van der Waals surface area (Å²) in [6.45, 7) is 13.8. The second kappa shape index (κ2) is 8.63. The van der Waals surface area contributed by atoms with Gasteiger partial charge in [-0.3, -0.25) is 4.79 Å². The quantitative estimate of drug-likeness (QED) is 0.716. The van der Waals surface area contributed by atoms with Gasteiger partial charge in [0, 0.05) is 12.6 Å². The van der Waals surface area contributed by atoms with Gasteiger partial charge in [0.2, 0.25) is 5.91 Å². The minimum Gasteiger partial charge on any atom is -0.353 e. The molecule has 2 atom stereocenters. The Bertz CT molecular complexity index is 283. The molecule has 1 heterocycles. The van der Waals surface area contributed by atoms with Crippen molar-refractivity contribution in [2.24, 2.45) is 5.41 Å². The number of rotatable bonds is 8. The molecule has 20 heavy (non-hydrogen) atoms. The van der Waals surface area contributed by atoms with Crippen molar-refractivity contribution in [1.29, 1.82) is 0 Å². The fourth-order valence-corrected chi connectivity index (χ4v) is 2.88. The van der Waals surface area contributed by atoms with Crippen LogP contribution in [0.25, 0.3) is 0 Å². The van der Waals surface area contributed by atoms with Gasteiger partial charge in [0.25, 0.3) is 0 Å². The molecular formula is C16H33N3O. The summed E-state index contributed by atoms with van der Waals surface area (Å²) in [5, 5.41) is 6.54. The predicted molar refractivity (Wildman–Crippen MR) is 84.8 cm³/mol. The van der Waals surface area contributed by atoms with E-state index in [1.54, 1.807) is 0 Å². The summed E-state index contributed by atoms with van der Waals surface area (Å²) in [6.07, 6.45) is 4.31. The lowest BCUT2D eigenvalue weighted by Crippen LogP contribution is -2.50. The zero-order valence-electron chi connectivity index (χ0n) is 13.8. The molecule has 1 rings (SSSR count). The van der Waals surface area contributed by atoms with Gasteiger partial charge in [-0.1, -0.05) is 13.8 Å². The second-order valence-corrected chi connectivity index (χ2v) is 6.38. The highest BCUT2D eigenvalue weighted by Gasteiger charge is 2.34. The van der Waals surface area contributed by atoms with E-state index in [4.69, 9.17) is 0 Å². The van der Waals surface area contributed by atoms with Crippen LogP contribution in [0.15, 0.2) is 0 Å². The molecule has 0 bridgehead atoms. The van der Waals surface area contributed by atoms with Crippen molar-refractivity contribution in [1.82, 2.24) is 15.5 Å². The van der Waals surface area contributed by atoms with Crippen molar-refractivity contribution in [2.45, 2.75) is 59.4 Å². The topological polar surface area (TPSA) is 44.4 Å². The largest absolute Gasteiger partial charge is 0.353 e. The maximum atomic E-state index is 12.4. The molecule has 0 aromatic rings. The second-order valence-electron chi connectivity index (χ2n) is 6.38. The Hall–Kier alpha value is -0.610. The van der Waals surface area contributed by atoms with E-state index in [0.29, 0.717) is 0 Å². The van der Waals surface area contributed by atoms with Crippen LogP contribution in [-0.4, -0.2) is 49.6 Å². The molecule has 1 amide bonds. The summed E-state index contributed by atoms with van der Waals surface area (Å²) < 4.78 is 0. The van der Waals surface area contributed by atoms with Gasteiger partial charge in [0.15, 0.2) is 0 Å². The first kappa shape index (κ1) is 17.4. The first-order chi connectivity index (χ1) is 9.51. The number of nitrogens with one attached hydrogen (secondary N) is 2. The van der Waals surface area contributed by atoms with Crippen molar-refractivity contribution in [3.63, 3.8) is 0 Å². The number of hydrogen-bond donors (Lipinski definition) is 2. The molecule has 118 valence electrons. The average molecular weight is 283 g/mol. The summed E-state index contributed by atoms with van der Waals surface area (Å²) in [7, 11) is 0. The molecule has 2 unspecified atom stereocenters. The first-order valence-electron chi connectivity index (χ1n) is 8.26. The Morgan fingerprint density at radius 1 is 1.40 bits per heavy atom. The SMILES string of the molecule is CCN(CC)CCCC(C)NC(=O)C1(C)CCCNC1. The van der Waals surface area contributed by atoms with Crippen LogP contribution in [0.5, 0.6) is 0 Å². The maximum Gasteiger partial charge on any atom is 0.227 e. The lowest BCUT2D eigenvalue weighted by Gasteiger charge is -2.33. The summed E-state index contributed by atoms with van der Waals surface area (Å²) in [5.41, 5.74) is -0.217. The average Bonchev–Trinajstić information content (AvgIpc) is 2.44. The molecule has 4 heteroatoms. The molecule has 0 spiro atoms. The standard InChI is InChI=1S/C16H33N3O/c1-5-19(6-2)12-7-9-14(3)18-15(20)16(4)10-8-11-17-13-16/h14,17H,5-13H2,1-4H3,(H,18,20). The zero-order chi connectivity index (χ0) is 15.0. The highest BCUT2D eigenvalue weighted by atomic mass is 16.2. The monoisotopic (exact) mass is 283 g/mol. The van der Waals surface area contributed by atoms with Crippen molar-refractivity contribution < 1.29 is 4.79 Å². The highest BCUT2D eigenvalue weighted by Crippen LogP contribution is 2.25. The Balaban J connectivity index is 2.27. The molecule has 0 aliphatic carbocycles. The molecule has 0 radical (unpaired) electrons. The van der Waals surface area contributed by atoms with Crippen molar-refractivity contribution >= 4 is 5.91 Å². The van der Waals surface area contributed by atoms with Crippen LogP contribution in [0.3, 0.4) is 0 Å². The van der Waals surface area contributed by atoms with Crippen molar-refractivity contribution in [3.8, 4) is 0 Å². The van der Waals surface area contributed by atoms with Crippen LogP contribution in [0.1, 0.15) is 53.4 Å². The number of amides is 1. The summed E-state index contributed by atoms with van der Waals surface area (Å²) in [4.78, 5) is 14.8. The first-order valence-corrected chi connectivity index (χ1v) is 8.26. The lowest BCUT2D eigenvalue weighted by molar-refractivity contribution is -0.131. The van der Waals surface area contributed by atoms with Crippen LogP contribution in [0.2, 0.25) is 0 Å². The molecule has 1 aliphatic heterocycles. The Morgan fingerprint density at radius 3 is 2.65 bits per heavy atom. The molecule has 2 N–H and O–H groups in total. The third-order valence-corrected chi connectivity index (χ3v) is 4.53. The fraction of sp³-hybridized carbons (Fsp3) is 0.938. The Kier molecular flexibility index (Phi) is 7.52. The Morgan fingerprint density at radius 2 is 2.10 bits per heavy atom. The van der Waals surface area contributed by atoms with E-state index >= 15 is 0 Å². The van der Waals surface area contributed by atoms with Crippen LogP contribution in [0, 0.1) is 5.41 Å². The van der Waals surface area contributed by atoms with Gasteiger partial charge in [-0.25, -0.2) is 0 Å². The van der Waals surface area contributed by atoms with E-state index in [-0.39, 0.29) is 17.4 Å². The van der Waals surface area contributed by atoms with Gasteiger partial charge in [0.1, 0.15) is 0 Å². The summed E-state index contributed by atoms with van der Waals surface area (Å²) in [5.74, 6) is 0.222. The predicted octanol–water partition coefficient (Wildman–Crippen LogP) is 2.00. The van der Waals surface area contributed by atoms with E-state index in [2.05, 4.69) is 43.2 Å². The van der Waals surface area contributed by atoms with Crippen LogP contribution in [0.4, 0.5) is 0 Å². The van der Waals surface area contributed by atoms with Gasteiger partial charge in [-0.2, -0.15) is 0 Å². The molecule has 0 aromatic carbocycles. The summed E-state index contributed by atoms with van der Waals surface area (Å²) >= 11 is 0. The van der Waals surface area contributed by atoms with Crippen LogP contribution >= 0.6 is 0 Å². The fourth-order valence-electron chi connectivity index (χ4n) is 2.88. The molecular weight excluding hydrogens is 250 g/mol. The van der Waals surface area contributed by atoms with Gasteiger partial charge in [-0.05, 0) is 65.7 Å². The van der Waals surface area contributed by atoms with Gasteiger partial charge in [0.05, 0.1) is 5.41 Å². The smallest absolute Gasteiger partial charge is 0.227 e. The minimum absolute atomic E-state index is 0.217. The molecule has 1 saturated heterocycles. The molecule has 1 aliphatic rings. The maximum absolute atomic E-state index is 12.4. The number of piperidine rings is 1. The third-order valence-electron chi connectivity index (χ3n) is 4.53. The molecule has 0 saturated carbocycles. The number of nitrogens with zero attached hydrogens (tertiary/aromatic N) is 1. The molecule has 1 fully saturated rings. The molecule has 0 aromatic heterocycles. The minimum atomic E-state index is -0.217. The van der Waals surface area contributed by atoms with Crippen molar-refractivity contribution in [2.75, 3.05) is 32.7 Å². The van der Waals surface area contributed by atoms with Crippen molar-refractivity contribution in [3.05, 3.63) is 0 Å². The highest BCUT2D eigenvalue weighted by molar-refractivity contribution is 5.82. The van der Waals surface area contributed by atoms with Gasteiger partial charge >= 0.3 is 0 Å². The van der Waals surface area contributed by atoms with Crippen LogP contribution in [-0.2, 0) is 4.79 Å². The van der Waals surface area contributed by atoms with Gasteiger partial charge in [-0.15, -0.1) is 0 Å². The van der Waals surface area contributed by atoms with E-state index in [0.717, 1.165) is 58.4 Å². The number of carbonyl (C=O) groups excluding carboxylic acids is 1. The number of hydrogen-bond acceptors (Lipinski definition) is 3. The van der Waals surface area contributed by atoms with E-state index in [9.17, 15) is 4.79 Å². The van der Waals surface area contributed by atoms with E-state index < -0.39 is 0 Å². The van der Waals surface area contributed by atoms with E-state index in [1.165, 1.54) is 0 Å². The molecule has 4 nitrogen and oxygen atoms in total.